The van der Waals surface area contributed by atoms with Crippen LogP contribution in [0.25, 0.3) is 0 Å². The van der Waals surface area contributed by atoms with E-state index < -0.39 is 24.7 Å². The molecule has 4 fully saturated rings. The molecule has 0 radical (unpaired) electrons. The topological polar surface area (TPSA) is 130 Å². The molecule has 0 spiro atoms. The van der Waals surface area contributed by atoms with Gasteiger partial charge in [-0.3, -0.25) is 4.79 Å². The molecule has 0 unspecified atom stereocenters. The number of carboxylic acid groups (broad SMARTS) is 1. The van der Waals surface area contributed by atoms with Crippen molar-refractivity contribution >= 4 is 11.9 Å². The van der Waals surface area contributed by atoms with Crippen LogP contribution in [-0.4, -0.2) is 52.1 Å². The van der Waals surface area contributed by atoms with Crippen LogP contribution in [0.3, 0.4) is 0 Å². The monoisotopic (exact) mass is 515 g/mol. The fourth-order valence-corrected chi connectivity index (χ4v) is 9.87. The molecule has 0 aliphatic heterocycles. The fraction of sp³-hybridized carbons (Fsp3) is 0.929. The van der Waals surface area contributed by atoms with Gasteiger partial charge >= 0.3 is 29.6 Å². The number of aliphatic hydroxyl groups excluding tert-OH is 3. The summed E-state index contributed by atoms with van der Waals surface area (Å²) >= 11 is 0. The van der Waals surface area contributed by atoms with Gasteiger partial charge in [0.1, 0.15) is 0 Å². The Balaban J connectivity index is 0.00000361. The van der Waals surface area contributed by atoms with Crippen molar-refractivity contribution in [3.05, 3.63) is 0 Å². The zero-order valence-corrected chi connectivity index (χ0v) is 24.9. The van der Waals surface area contributed by atoms with Gasteiger partial charge in [0.15, 0.2) is 0 Å². The van der Waals surface area contributed by atoms with E-state index in [1.165, 1.54) is 0 Å². The molecule has 0 aromatic carbocycles. The summed E-state index contributed by atoms with van der Waals surface area (Å²) in [6.07, 6.45) is 5.79. The summed E-state index contributed by atoms with van der Waals surface area (Å²) < 4.78 is 0. The Morgan fingerprint density at radius 3 is 2.42 bits per heavy atom. The minimum absolute atomic E-state index is 0. The summed E-state index contributed by atoms with van der Waals surface area (Å²) in [5, 5.41) is 47.0. The number of aliphatic carboxylic acids is 1. The molecule has 36 heavy (non-hydrogen) atoms. The van der Waals surface area contributed by atoms with E-state index in [1.54, 1.807) is 0 Å². The van der Waals surface area contributed by atoms with Crippen molar-refractivity contribution in [2.75, 3.05) is 6.54 Å². The summed E-state index contributed by atoms with van der Waals surface area (Å²) in [6, 6.07) is 0. The number of hydrogen-bond donors (Lipinski definition) is 4. The summed E-state index contributed by atoms with van der Waals surface area (Å²) in [4.78, 5) is 22.7. The molecule has 4 aliphatic rings. The molecule has 0 heterocycles. The molecule has 12 atom stereocenters. The Labute approximate surface area is 238 Å². The number of carbonyl (C=O) groups is 2. The molecule has 8 heteroatoms. The van der Waals surface area contributed by atoms with E-state index in [9.17, 15) is 30.0 Å². The van der Waals surface area contributed by atoms with E-state index in [2.05, 4.69) is 33.0 Å². The molecule has 7 nitrogen and oxygen atoms in total. The SMILES string of the molecule is CC[C@H]1[C@@H](O)[C@@H]2[C@H]([C@@H](O)C[C@]3(C)[C@@H]([C@H](C)CCC(=O)NCC(=O)[O-])CC[C@@H]23)[C@@]2(C)CC[C@@H](O)C[C@@H]12.[Na+]. The average Bonchev–Trinajstić information content (AvgIpc) is 3.13. The van der Waals surface area contributed by atoms with E-state index in [0.717, 1.165) is 44.9 Å². The zero-order chi connectivity index (χ0) is 25.7. The summed E-state index contributed by atoms with van der Waals surface area (Å²) in [5.74, 6) is -0.101. The number of rotatable bonds is 7. The number of aliphatic hydroxyl groups is 3. The van der Waals surface area contributed by atoms with Crippen LogP contribution in [0, 0.1) is 52.3 Å². The van der Waals surface area contributed by atoms with Gasteiger partial charge in [-0.1, -0.05) is 34.1 Å². The molecule has 0 aromatic heterocycles. The fourth-order valence-electron chi connectivity index (χ4n) is 9.87. The zero-order valence-electron chi connectivity index (χ0n) is 22.9. The van der Waals surface area contributed by atoms with Crippen molar-refractivity contribution in [2.45, 2.75) is 104 Å². The van der Waals surface area contributed by atoms with Gasteiger partial charge in [-0.25, -0.2) is 0 Å². The van der Waals surface area contributed by atoms with Crippen LogP contribution in [0.1, 0.15) is 85.5 Å². The van der Waals surface area contributed by atoms with E-state index >= 15 is 0 Å². The smallest absolute Gasteiger partial charge is 0.548 e. The Kier molecular flexibility index (Phi) is 9.71. The third-order valence-corrected chi connectivity index (χ3v) is 11.3. The second kappa shape index (κ2) is 11.5. The van der Waals surface area contributed by atoms with Gasteiger partial charge < -0.3 is 30.5 Å². The molecule has 0 aromatic rings. The molecule has 4 rings (SSSR count). The largest absolute Gasteiger partial charge is 1.00 e. The first kappa shape index (κ1) is 30.4. The summed E-state index contributed by atoms with van der Waals surface area (Å²) in [5.41, 5.74) is -0.163. The summed E-state index contributed by atoms with van der Waals surface area (Å²) in [6.45, 7) is 8.49. The standard InChI is InChI=1S/C28H47NO6.Na/c1-5-17-20-12-16(30)10-11-27(20,3)25-21(31)13-28(4)18(7-8-19(28)24(25)26(17)35)15(2)6-9-22(32)29-14-23(33)34;/h15-21,24-26,30-31,35H,5-14H2,1-4H3,(H,29,32)(H,33,34);/q;+1/p-1/t15-,16-,17-,18-,19+,20+,21+,24+,25+,26-,27+,28-;/m1./s1. The second-order valence-corrected chi connectivity index (χ2v) is 12.9. The van der Waals surface area contributed by atoms with Crippen LogP contribution in [0.4, 0.5) is 0 Å². The van der Waals surface area contributed by atoms with Crippen molar-refractivity contribution in [1.29, 1.82) is 0 Å². The van der Waals surface area contributed by atoms with Crippen molar-refractivity contribution in [3.63, 3.8) is 0 Å². The quantitative estimate of drug-likeness (QED) is 0.318. The van der Waals surface area contributed by atoms with Crippen LogP contribution in [0.15, 0.2) is 0 Å². The number of fused-ring (bicyclic) bond motifs is 5. The van der Waals surface area contributed by atoms with Crippen LogP contribution in [0.5, 0.6) is 0 Å². The van der Waals surface area contributed by atoms with Crippen LogP contribution < -0.4 is 40.0 Å². The first-order valence-corrected chi connectivity index (χ1v) is 13.9. The number of carbonyl (C=O) groups excluding carboxylic acids is 2. The van der Waals surface area contributed by atoms with Crippen molar-refractivity contribution in [2.24, 2.45) is 52.3 Å². The molecule has 4 N–H and O–H groups in total. The minimum atomic E-state index is -1.29. The van der Waals surface area contributed by atoms with Gasteiger partial charge in [0.2, 0.25) is 5.91 Å². The normalized spacial score (nSPS) is 46.5. The molecular weight excluding hydrogens is 469 g/mol. The molecule has 0 bridgehead atoms. The van der Waals surface area contributed by atoms with Crippen LogP contribution >= 0.6 is 0 Å². The van der Waals surface area contributed by atoms with E-state index in [1.807, 2.05) is 0 Å². The number of hydrogen-bond acceptors (Lipinski definition) is 6. The minimum Gasteiger partial charge on any atom is -0.548 e. The van der Waals surface area contributed by atoms with Gasteiger partial charge in [0.25, 0.3) is 0 Å². The van der Waals surface area contributed by atoms with Crippen molar-refractivity contribution in [1.82, 2.24) is 5.32 Å². The van der Waals surface area contributed by atoms with Gasteiger partial charge in [0, 0.05) is 6.42 Å². The maximum absolute atomic E-state index is 12.1. The molecule has 4 aliphatic carbocycles. The molecule has 1 amide bonds. The molecule has 0 saturated heterocycles. The predicted molar refractivity (Wildman–Crippen MR) is 130 cm³/mol. The van der Waals surface area contributed by atoms with Crippen LogP contribution in [-0.2, 0) is 9.59 Å². The van der Waals surface area contributed by atoms with Crippen molar-refractivity contribution < 1.29 is 59.6 Å². The number of carboxylic acids is 1. The average molecular weight is 516 g/mol. The Morgan fingerprint density at radius 1 is 1.08 bits per heavy atom. The second-order valence-electron chi connectivity index (χ2n) is 12.9. The Morgan fingerprint density at radius 2 is 1.78 bits per heavy atom. The molecular formula is C28H46NNaO6. The molecule has 200 valence electrons. The first-order valence-electron chi connectivity index (χ1n) is 13.9. The molecule has 4 saturated carbocycles. The Bertz CT molecular complexity index is 811. The predicted octanol–water partition coefficient (Wildman–Crippen LogP) is -1.13. The number of nitrogens with one attached hydrogen (secondary N) is 1. The van der Waals surface area contributed by atoms with Crippen molar-refractivity contribution in [3.8, 4) is 0 Å². The summed E-state index contributed by atoms with van der Waals surface area (Å²) in [7, 11) is 0. The third kappa shape index (κ3) is 5.19. The third-order valence-electron chi connectivity index (χ3n) is 11.3. The maximum Gasteiger partial charge on any atom is 1.00 e. The van der Waals surface area contributed by atoms with E-state index in [4.69, 9.17) is 0 Å². The maximum atomic E-state index is 12.1. The van der Waals surface area contributed by atoms with Gasteiger partial charge in [-0.15, -0.1) is 0 Å². The van der Waals surface area contributed by atoms with Gasteiger partial charge in [-0.2, -0.15) is 0 Å². The van der Waals surface area contributed by atoms with E-state index in [-0.39, 0.29) is 88.4 Å². The van der Waals surface area contributed by atoms with E-state index in [0.29, 0.717) is 18.3 Å². The van der Waals surface area contributed by atoms with Crippen LogP contribution in [0.2, 0.25) is 0 Å². The van der Waals surface area contributed by atoms with Gasteiger partial charge in [-0.05, 0) is 97.2 Å². The Hall–Kier alpha value is -0.180. The number of amides is 1. The first-order chi connectivity index (χ1) is 16.4. The van der Waals surface area contributed by atoms with Gasteiger partial charge in [0.05, 0.1) is 30.8 Å².